The summed E-state index contributed by atoms with van der Waals surface area (Å²) < 4.78 is 34.1. The smallest absolute Gasteiger partial charge is 0.309 e. The molecule has 0 fully saturated rings. The maximum atomic E-state index is 13.7. The number of aromatic nitrogens is 4. The summed E-state index contributed by atoms with van der Waals surface area (Å²) in [6, 6.07) is 15.7. The summed E-state index contributed by atoms with van der Waals surface area (Å²) >= 11 is 0. The van der Waals surface area contributed by atoms with Crippen LogP contribution in [0.5, 0.6) is 5.75 Å². The van der Waals surface area contributed by atoms with Crippen LogP contribution in [0, 0.1) is 6.92 Å². The summed E-state index contributed by atoms with van der Waals surface area (Å²) in [7, 11) is -2.42. The number of ether oxygens (including phenoxy) is 1. The number of para-hydroxylation sites is 1. The first kappa shape index (κ1) is 24.1. The maximum absolute atomic E-state index is 13.7. The van der Waals surface area contributed by atoms with Gasteiger partial charge in [0.25, 0.3) is 10.0 Å². The van der Waals surface area contributed by atoms with Gasteiger partial charge in [-0.05, 0) is 31.2 Å². The summed E-state index contributed by atoms with van der Waals surface area (Å²) in [5, 5.41) is 9.68. The van der Waals surface area contributed by atoms with Gasteiger partial charge in [0, 0.05) is 40.7 Å². The van der Waals surface area contributed by atoms with Gasteiger partial charge >= 0.3 is 5.97 Å². The Balaban J connectivity index is 1.75. The second kappa shape index (κ2) is 9.47. The molecule has 0 atom stereocenters. The van der Waals surface area contributed by atoms with Crippen LogP contribution in [0.4, 0.5) is 0 Å². The minimum atomic E-state index is -3.97. The zero-order valence-corrected chi connectivity index (χ0v) is 20.8. The summed E-state index contributed by atoms with van der Waals surface area (Å²) in [6.07, 6.45) is 5.69. The third-order valence-electron chi connectivity index (χ3n) is 5.90. The lowest BCUT2D eigenvalue weighted by Crippen LogP contribution is -2.12. The second-order valence-electron chi connectivity index (χ2n) is 8.42. The zero-order chi connectivity index (χ0) is 26.2. The van der Waals surface area contributed by atoms with E-state index in [0.29, 0.717) is 39.2 Å². The predicted molar refractivity (Wildman–Crippen MR) is 138 cm³/mol. The molecule has 10 heteroatoms. The van der Waals surface area contributed by atoms with E-state index in [1.165, 1.54) is 22.6 Å². The zero-order valence-electron chi connectivity index (χ0n) is 20.0. The molecule has 9 nitrogen and oxygen atoms in total. The van der Waals surface area contributed by atoms with Gasteiger partial charge in [-0.2, -0.15) is 0 Å². The molecule has 5 aromatic rings. The molecule has 3 heterocycles. The van der Waals surface area contributed by atoms with Gasteiger partial charge in [-0.15, -0.1) is 0 Å². The summed E-state index contributed by atoms with van der Waals surface area (Å²) in [5.41, 5.74) is 3.77. The molecule has 1 N–H and O–H groups in total. The Kier molecular flexibility index (Phi) is 6.18. The fraction of sp³-hybridized carbons (Fsp3) is 0.111. The SMILES string of the molecule is COc1ccccc1-c1cn(S(=O)(=O)c2ccc(C)cc2)c2ncc(-c3cncc(CC(=O)O)n3)cc12. The molecule has 186 valence electrons. The van der Waals surface area contributed by atoms with Gasteiger partial charge in [0.05, 0.1) is 36.0 Å². The molecule has 0 aliphatic rings. The highest BCUT2D eigenvalue weighted by molar-refractivity contribution is 7.90. The first-order valence-electron chi connectivity index (χ1n) is 11.3. The van der Waals surface area contributed by atoms with Crippen molar-refractivity contribution >= 4 is 27.0 Å². The highest BCUT2D eigenvalue weighted by atomic mass is 32.2. The maximum Gasteiger partial charge on any atom is 0.309 e. The van der Waals surface area contributed by atoms with Crippen molar-refractivity contribution in [2.24, 2.45) is 0 Å². The van der Waals surface area contributed by atoms with E-state index in [1.807, 2.05) is 25.1 Å². The number of hydrogen-bond donors (Lipinski definition) is 1. The van der Waals surface area contributed by atoms with Crippen molar-refractivity contribution in [3.05, 3.63) is 90.6 Å². The van der Waals surface area contributed by atoms with Crippen molar-refractivity contribution in [3.63, 3.8) is 0 Å². The molecule has 0 saturated heterocycles. The highest BCUT2D eigenvalue weighted by Gasteiger charge is 2.24. The van der Waals surface area contributed by atoms with Gasteiger partial charge in [-0.25, -0.2) is 22.4 Å². The number of benzene rings is 2. The predicted octanol–water partition coefficient (Wildman–Crippen LogP) is 4.34. The number of hydrogen-bond acceptors (Lipinski definition) is 7. The van der Waals surface area contributed by atoms with Crippen LogP contribution in [-0.2, 0) is 21.2 Å². The monoisotopic (exact) mass is 514 g/mol. The lowest BCUT2D eigenvalue weighted by atomic mass is 10.0. The largest absolute Gasteiger partial charge is 0.496 e. The Morgan fingerprint density at radius 3 is 2.51 bits per heavy atom. The number of aliphatic carboxylic acids is 1. The fourth-order valence-electron chi connectivity index (χ4n) is 4.09. The summed E-state index contributed by atoms with van der Waals surface area (Å²) in [5.74, 6) is -0.445. The Hall–Kier alpha value is -4.57. The van der Waals surface area contributed by atoms with Crippen LogP contribution in [-0.4, -0.2) is 45.5 Å². The summed E-state index contributed by atoms with van der Waals surface area (Å²) in [4.78, 5) is 24.3. The van der Waals surface area contributed by atoms with Gasteiger partial charge in [-0.1, -0.05) is 35.9 Å². The van der Waals surface area contributed by atoms with Gasteiger partial charge in [0.2, 0.25) is 0 Å². The quantitative estimate of drug-likeness (QED) is 0.340. The molecule has 0 unspecified atom stereocenters. The van der Waals surface area contributed by atoms with E-state index in [2.05, 4.69) is 15.0 Å². The number of carboxylic acids is 1. The Labute approximate surface area is 213 Å². The van der Waals surface area contributed by atoms with Crippen molar-refractivity contribution < 1.29 is 23.1 Å². The van der Waals surface area contributed by atoms with Crippen LogP contribution >= 0.6 is 0 Å². The van der Waals surface area contributed by atoms with Crippen LogP contribution in [0.15, 0.2) is 84.3 Å². The lowest BCUT2D eigenvalue weighted by Gasteiger charge is -2.08. The number of nitrogens with zero attached hydrogens (tertiary/aromatic N) is 4. The molecule has 0 spiro atoms. The molecule has 0 saturated carbocycles. The highest BCUT2D eigenvalue weighted by Crippen LogP contribution is 2.38. The minimum absolute atomic E-state index is 0.139. The topological polar surface area (TPSA) is 124 Å². The van der Waals surface area contributed by atoms with E-state index < -0.39 is 16.0 Å². The third-order valence-corrected chi connectivity index (χ3v) is 7.56. The number of rotatable bonds is 7. The number of carboxylic acid groups (broad SMARTS) is 1. The molecule has 0 aliphatic carbocycles. The van der Waals surface area contributed by atoms with E-state index in [1.54, 1.807) is 49.7 Å². The molecule has 5 rings (SSSR count). The fourth-order valence-corrected chi connectivity index (χ4v) is 5.42. The van der Waals surface area contributed by atoms with E-state index in [9.17, 15) is 13.2 Å². The van der Waals surface area contributed by atoms with E-state index >= 15 is 0 Å². The molecule has 3 aromatic heterocycles. The third kappa shape index (κ3) is 4.54. The molecule has 2 aromatic carbocycles. The van der Waals surface area contributed by atoms with Gasteiger partial charge in [0.15, 0.2) is 5.65 Å². The Morgan fingerprint density at radius 1 is 1.03 bits per heavy atom. The number of carbonyl (C=O) groups is 1. The van der Waals surface area contributed by atoms with Crippen LogP contribution in [0.3, 0.4) is 0 Å². The van der Waals surface area contributed by atoms with Gasteiger partial charge in [-0.3, -0.25) is 9.78 Å². The second-order valence-corrected chi connectivity index (χ2v) is 10.2. The Morgan fingerprint density at radius 2 is 1.78 bits per heavy atom. The molecule has 0 radical (unpaired) electrons. The molecular formula is C27H22N4O5S. The van der Waals surface area contributed by atoms with E-state index in [-0.39, 0.29) is 17.0 Å². The lowest BCUT2D eigenvalue weighted by molar-refractivity contribution is -0.136. The number of aryl methyl sites for hydroxylation is 1. The molecule has 0 aliphatic heterocycles. The average molecular weight is 515 g/mol. The number of methoxy groups -OCH3 is 1. The molecular weight excluding hydrogens is 492 g/mol. The van der Waals surface area contributed by atoms with Gasteiger partial charge in [0.1, 0.15) is 5.75 Å². The van der Waals surface area contributed by atoms with Crippen LogP contribution in [0.25, 0.3) is 33.4 Å². The average Bonchev–Trinajstić information content (AvgIpc) is 3.28. The van der Waals surface area contributed by atoms with Crippen molar-refractivity contribution in [2.75, 3.05) is 7.11 Å². The van der Waals surface area contributed by atoms with Crippen molar-refractivity contribution in [3.8, 4) is 28.1 Å². The number of pyridine rings is 1. The van der Waals surface area contributed by atoms with Crippen LogP contribution < -0.4 is 4.74 Å². The number of fused-ring (bicyclic) bond motifs is 1. The van der Waals surface area contributed by atoms with Gasteiger partial charge < -0.3 is 9.84 Å². The Bertz CT molecular complexity index is 1750. The van der Waals surface area contributed by atoms with Crippen molar-refractivity contribution in [1.82, 2.24) is 18.9 Å². The van der Waals surface area contributed by atoms with Crippen LogP contribution in [0.2, 0.25) is 0 Å². The summed E-state index contributed by atoms with van der Waals surface area (Å²) in [6.45, 7) is 1.89. The van der Waals surface area contributed by atoms with Crippen molar-refractivity contribution in [1.29, 1.82) is 0 Å². The molecule has 0 bridgehead atoms. The molecule has 37 heavy (non-hydrogen) atoms. The molecule has 0 amide bonds. The first-order chi connectivity index (χ1) is 17.8. The van der Waals surface area contributed by atoms with E-state index in [0.717, 1.165) is 5.56 Å². The van der Waals surface area contributed by atoms with Crippen LogP contribution in [0.1, 0.15) is 11.3 Å². The standard InChI is InChI=1S/C27H22N4O5S/c1-17-7-9-20(10-8-17)37(34,35)31-16-23(21-5-3-4-6-25(21)36-2)22-11-18(13-29-27(22)31)24-15-28-14-19(30-24)12-26(32)33/h3-11,13-16H,12H2,1-2H3,(H,32,33). The van der Waals surface area contributed by atoms with Crippen molar-refractivity contribution in [2.45, 2.75) is 18.2 Å². The first-order valence-corrected chi connectivity index (χ1v) is 12.7. The van der Waals surface area contributed by atoms with E-state index in [4.69, 9.17) is 9.84 Å². The minimum Gasteiger partial charge on any atom is -0.496 e. The normalized spacial score (nSPS) is 11.5.